The minimum atomic E-state index is 0.783. The molecule has 0 N–H and O–H groups in total. The molecule has 0 amide bonds. The highest BCUT2D eigenvalue weighted by molar-refractivity contribution is 7.99. The van der Waals surface area contributed by atoms with Crippen LogP contribution in [0.1, 0.15) is 71.6 Å². The lowest BCUT2D eigenvalue weighted by molar-refractivity contribution is 0.592. The molecule has 0 aromatic heterocycles. The summed E-state index contributed by atoms with van der Waals surface area (Å²) in [5.74, 6) is 0. The third-order valence-corrected chi connectivity index (χ3v) is 4.01. The van der Waals surface area contributed by atoms with E-state index in [0.29, 0.717) is 0 Å². The maximum absolute atomic E-state index is 2.37. The van der Waals surface area contributed by atoms with Gasteiger partial charge < -0.3 is 0 Å². The molecule has 0 radical (unpaired) electrons. The van der Waals surface area contributed by atoms with Gasteiger partial charge in [-0.15, -0.1) is 0 Å². The van der Waals surface area contributed by atoms with E-state index in [0.717, 1.165) is 5.25 Å². The quantitative estimate of drug-likeness (QED) is 0.325. The molecule has 1 unspecified atom stereocenters. The van der Waals surface area contributed by atoms with E-state index in [2.05, 4.69) is 32.3 Å². The van der Waals surface area contributed by atoms with Gasteiger partial charge in [0.2, 0.25) is 0 Å². The first-order valence-electron chi connectivity index (χ1n) is 6.99. The molecule has 0 fully saturated rings. The Morgan fingerprint density at radius 3 is 2.19 bits per heavy atom. The maximum atomic E-state index is 2.37. The van der Waals surface area contributed by atoms with E-state index >= 15 is 0 Å². The molecule has 0 aromatic carbocycles. The second-order valence-corrected chi connectivity index (χ2v) is 5.94. The van der Waals surface area contributed by atoms with Crippen molar-refractivity contribution in [3.8, 4) is 0 Å². The SMILES string of the molecule is CCCCCCCCC/C=C\CC(C)SC. The highest BCUT2D eigenvalue weighted by atomic mass is 32.2. The first-order chi connectivity index (χ1) is 7.81. The molecule has 0 aliphatic heterocycles. The smallest absolute Gasteiger partial charge is 0.00504 e. The zero-order chi connectivity index (χ0) is 12.1. The standard InChI is InChI=1S/C15H30S/c1-4-5-6-7-8-9-10-11-12-13-14-15(2)16-3/h12-13,15H,4-11,14H2,1-3H3/b13-12-. The molecule has 16 heavy (non-hydrogen) atoms. The minimum absolute atomic E-state index is 0.783. The Morgan fingerprint density at radius 2 is 1.56 bits per heavy atom. The molecule has 0 rings (SSSR count). The summed E-state index contributed by atoms with van der Waals surface area (Å²) >= 11 is 1.95. The lowest BCUT2D eigenvalue weighted by Gasteiger charge is -2.02. The summed E-state index contributed by atoms with van der Waals surface area (Å²) in [4.78, 5) is 0. The number of hydrogen-bond donors (Lipinski definition) is 0. The Bertz CT molecular complexity index is 152. The van der Waals surface area contributed by atoms with Gasteiger partial charge in [-0.05, 0) is 25.5 Å². The molecule has 0 aliphatic rings. The third-order valence-electron chi connectivity index (χ3n) is 3.01. The number of allylic oxidation sites excluding steroid dienone is 2. The summed E-state index contributed by atoms with van der Waals surface area (Å²) < 4.78 is 0. The van der Waals surface area contributed by atoms with Crippen molar-refractivity contribution in [1.29, 1.82) is 0 Å². The molecule has 96 valence electrons. The average molecular weight is 242 g/mol. The number of hydrogen-bond acceptors (Lipinski definition) is 1. The Labute approximate surface area is 107 Å². The van der Waals surface area contributed by atoms with Crippen LogP contribution in [0.25, 0.3) is 0 Å². The molecule has 1 atom stereocenters. The van der Waals surface area contributed by atoms with E-state index < -0.39 is 0 Å². The summed E-state index contributed by atoms with van der Waals surface area (Å²) in [6.45, 7) is 4.57. The molecule has 0 spiro atoms. The molecule has 0 saturated heterocycles. The van der Waals surface area contributed by atoms with Gasteiger partial charge in [0, 0.05) is 5.25 Å². The summed E-state index contributed by atoms with van der Waals surface area (Å²) in [7, 11) is 0. The van der Waals surface area contributed by atoms with Gasteiger partial charge in [0.05, 0.1) is 0 Å². The van der Waals surface area contributed by atoms with Crippen LogP contribution in [0.15, 0.2) is 12.2 Å². The number of unbranched alkanes of at least 4 members (excludes halogenated alkanes) is 7. The van der Waals surface area contributed by atoms with Crippen LogP contribution in [0.4, 0.5) is 0 Å². The van der Waals surface area contributed by atoms with Gasteiger partial charge >= 0.3 is 0 Å². The van der Waals surface area contributed by atoms with Gasteiger partial charge in [0.25, 0.3) is 0 Å². The monoisotopic (exact) mass is 242 g/mol. The van der Waals surface area contributed by atoms with E-state index in [4.69, 9.17) is 0 Å². The highest BCUT2D eigenvalue weighted by Gasteiger charge is 1.93. The van der Waals surface area contributed by atoms with E-state index in [9.17, 15) is 0 Å². The van der Waals surface area contributed by atoms with Crippen molar-refractivity contribution in [2.75, 3.05) is 6.26 Å². The molecular weight excluding hydrogens is 212 g/mol. The van der Waals surface area contributed by atoms with Crippen LogP contribution in [-0.4, -0.2) is 11.5 Å². The van der Waals surface area contributed by atoms with E-state index in [1.807, 2.05) is 11.8 Å². The fourth-order valence-corrected chi connectivity index (χ4v) is 2.02. The molecule has 0 saturated carbocycles. The minimum Gasteiger partial charge on any atom is -0.162 e. The Balaban J connectivity index is 3.08. The summed E-state index contributed by atoms with van der Waals surface area (Å²) in [5, 5.41) is 0.783. The van der Waals surface area contributed by atoms with Crippen molar-refractivity contribution in [2.45, 2.75) is 76.9 Å². The second-order valence-electron chi connectivity index (χ2n) is 4.66. The highest BCUT2D eigenvalue weighted by Crippen LogP contribution is 2.11. The topological polar surface area (TPSA) is 0 Å². The van der Waals surface area contributed by atoms with Gasteiger partial charge in [0.1, 0.15) is 0 Å². The van der Waals surface area contributed by atoms with Crippen molar-refractivity contribution < 1.29 is 0 Å². The predicted molar refractivity (Wildman–Crippen MR) is 79.3 cm³/mol. The molecule has 0 nitrogen and oxygen atoms in total. The summed E-state index contributed by atoms with van der Waals surface area (Å²) in [5.41, 5.74) is 0. The van der Waals surface area contributed by atoms with Gasteiger partial charge in [-0.3, -0.25) is 0 Å². The van der Waals surface area contributed by atoms with Crippen LogP contribution < -0.4 is 0 Å². The second kappa shape index (κ2) is 13.2. The van der Waals surface area contributed by atoms with Gasteiger partial charge in [0.15, 0.2) is 0 Å². The zero-order valence-corrected chi connectivity index (χ0v) is 12.3. The van der Waals surface area contributed by atoms with E-state index in [1.54, 1.807) is 0 Å². The van der Waals surface area contributed by atoms with E-state index in [1.165, 1.54) is 57.8 Å². The van der Waals surface area contributed by atoms with Crippen molar-refractivity contribution in [1.82, 2.24) is 0 Å². The molecule has 0 aromatic rings. The summed E-state index contributed by atoms with van der Waals surface area (Å²) in [6.07, 6.45) is 19.4. The Hall–Kier alpha value is 0.0900. The lowest BCUT2D eigenvalue weighted by Crippen LogP contribution is -1.90. The zero-order valence-electron chi connectivity index (χ0n) is 11.5. The Kier molecular flexibility index (Phi) is 13.2. The van der Waals surface area contributed by atoms with E-state index in [-0.39, 0.29) is 0 Å². The van der Waals surface area contributed by atoms with Crippen molar-refractivity contribution >= 4 is 11.8 Å². The van der Waals surface area contributed by atoms with Crippen molar-refractivity contribution in [3.63, 3.8) is 0 Å². The Morgan fingerprint density at radius 1 is 0.938 bits per heavy atom. The molecule has 1 heteroatoms. The van der Waals surface area contributed by atoms with Crippen molar-refractivity contribution in [2.24, 2.45) is 0 Å². The van der Waals surface area contributed by atoms with Crippen LogP contribution in [-0.2, 0) is 0 Å². The first kappa shape index (κ1) is 16.1. The molecule has 0 aliphatic carbocycles. The summed E-state index contributed by atoms with van der Waals surface area (Å²) in [6, 6.07) is 0. The predicted octanol–water partition coefficient (Wildman–Crippen LogP) is 5.82. The van der Waals surface area contributed by atoms with Crippen LogP contribution in [0.2, 0.25) is 0 Å². The molecule has 0 bridgehead atoms. The van der Waals surface area contributed by atoms with Crippen molar-refractivity contribution in [3.05, 3.63) is 12.2 Å². The van der Waals surface area contributed by atoms with Crippen LogP contribution in [0.3, 0.4) is 0 Å². The number of thioether (sulfide) groups is 1. The van der Waals surface area contributed by atoms with Crippen LogP contribution >= 0.6 is 11.8 Å². The van der Waals surface area contributed by atoms with Crippen LogP contribution in [0, 0.1) is 0 Å². The third kappa shape index (κ3) is 12.2. The first-order valence-corrected chi connectivity index (χ1v) is 8.27. The lowest BCUT2D eigenvalue weighted by atomic mass is 10.1. The maximum Gasteiger partial charge on any atom is 0.00504 e. The van der Waals surface area contributed by atoms with Gasteiger partial charge in [-0.1, -0.05) is 64.5 Å². The number of rotatable bonds is 11. The largest absolute Gasteiger partial charge is 0.162 e. The van der Waals surface area contributed by atoms with Gasteiger partial charge in [-0.2, -0.15) is 11.8 Å². The fraction of sp³-hybridized carbons (Fsp3) is 0.867. The average Bonchev–Trinajstić information content (AvgIpc) is 2.31. The van der Waals surface area contributed by atoms with Crippen LogP contribution in [0.5, 0.6) is 0 Å². The normalized spacial score (nSPS) is 13.4. The fourth-order valence-electron chi connectivity index (χ4n) is 1.72. The van der Waals surface area contributed by atoms with Gasteiger partial charge in [-0.25, -0.2) is 0 Å². The molecule has 0 heterocycles. The molecular formula is C15H30S.